The van der Waals surface area contributed by atoms with Crippen LogP contribution in [0, 0.1) is 0 Å². The second kappa shape index (κ2) is 5.32. The molecule has 0 spiro atoms. The number of thiophene rings is 1. The summed E-state index contributed by atoms with van der Waals surface area (Å²) in [5, 5.41) is 5.66. The normalized spacial score (nSPS) is 14.9. The summed E-state index contributed by atoms with van der Waals surface area (Å²) < 4.78 is 5.37. The fourth-order valence-corrected chi connectivity index (χ4v) is 2.67. The first-order valence-corrected chi connectivity index (χ1v) is 6.45. The molecule has 2 unspecified atom stereocenters. The van der Waals surface area contributed by atoms with Crippen LogP contribution in [-0.4, -0.2) is 6.04 Å². The Labute approximate surface area is 100 Å². The SMILES string of the molecule is CC(Cc1cccs1)NC(C)c1ccco1. The first-order valence-electron chi connectivity index (χ1n) is 5.57. The molecule has 2 atom stereocenters. The van der Waals surface area contributed by atoms with Gasteiger partial charge in [-0.25, -0.2) is 0 Å². The molecule has 0 aliphatic rings. The second-order valence-electron chi connectivity index (χ2n) is 4.09. The van der Waals surface area contributed by atoms with Crippen molar-refractivity contribution in [3.63, 3.8) is 0 Å². The van der Waals surface area contributed by atoms with E-state index < -0.39 is 0 Å². The molecule has 0 aliphatic carbocycles. The molecular weight excluding hydrogens is 218 g/mol. The molecule has 2 heterocycles. The molecule has 0 saturated carbocycles. The lowest BCUT2D eigenvalue weighted by Gasteiger charge is -2.17. The van der Waals surface area contributed by atoms with E-state index in [1.807, 2.05) is 23.5 Å². The predicted octanol–water partition coefficient (Wildman–Crippen LogP) is 3.62. The average Bonchev–Trinajstić information content (AvgIpc) is 2.88. The second-order valence-corrected chi connectivity index (χ2v) is 5.12. The monoisotopic (exact) mass is 235 g/mol. The van der Waals surface area contributed by atoms with Crippen LogP contribution in [0.25, 0.3) is 0 Å². The fraction of sp³-hybridized carbons (Fsp3) is 0.385. The molecule has 1 N–H and O–H groups in total. The van der Waals surface area contributed by atoms with E-state index >= 15 is 0 Å². The van der Waals surface area contributed by atoms with Crippen molar-refractivity contribution in [2.24, 2.45) is 0 Å². The van der Waals surface area contributed by atoms with Crippen LogP contribution in [-0.2, 0) is 6.42 Å². The topological polar surface area (TPSA) is 25.2 Å². The highest BCUT2D eigenvalue weighted by atomic mass is 32.1. The minimum absolute atomic E-state index is 0.268. The van der Waals surface area contributed by atoms with Crippen molar-refractivity contribution in [2.75, 3.05) is 0 Å². The van der Waals surface area contributed by atoms with Crippen molar-refractivity contribution >= 4 is 11.3 Å². The largest absolute Gasteiger partial charge is 0.468 e. The van der Waals surface area contributed by atoms with Gasteiger partial charge in [0.25, 0.3) is 0 Å². The molecule has 2 aromatic heterocycles. The highest BCUT2D eigenvalue weighted by Crippen LogP contribution is 2.16. The van der Waals surface area contributed by atoms with Gasteiger partial charge in [0.2, 0.25) is 0 Å². The summed E-state index contributed by atoms with van der Waals surface area (Å²) in [6, 6.07) is 8.94. The number of rotatable bonds is 5. The summed E-state index contributed by atoms with van der Waals surface area (Å²) in [7, 11) is 0. The summed E-state index contributed by atoms with van der Waals surface area (Å²) in [6.45, 7) is 4.34. The fourth-order valence-electron chi connectivity index (χ4n) is 1.84. The van der Waals surface area contributed by atoms with E-state index in [0.717, 1.165) is 12.2 Å². The van der Waals surface area contributed by atoms with Crippen LogP contribution >= 0.6 is 11.3 Å². The first-order chi connectivity index (χ1) is 7.75. The smallest absolute Gasteiger partial charge is 0.120 e. The van der Waals surface area contributed by atoms with Crippen LogP contribution in [0.3, 0.4) is 0 Å². The minimum atomic E-state index is 0.268. The molecule has 0 bridgehead atoms. The van der Waals surface area contributed by atoms with Gasteiger partial charge in [0.05, 0.1) is 12.3 Å². The number of hydrogen-bond donors (Lipinski definition) is 1. The van der Waals surface area contributed by atoms with E-state index in [-0.39, 0.29) is 6.04 Å². The van der Waals surface area contributed by atoms with E-state index in [1.165, 1.54) is 4.88 Å². The molecule has 0 saturated heterocycles. The maximum atomic E-state index is 5.37. The van der Waals surface area contributed by atoms with E-state index in [9.17, 15) is 0 Å². The van der Waals surface area contributed by atoms with Crippen LogP contribution in [0.1, 0.15) is 30.5 Å². The molecule has 0 aliphatic heterocycles. The Balaban J connectivity index is 1.85. The third-order valence-electron chi connectivity index (χ3n) is 2.59. The number of furan rings is 1. The van der Waals surface area contributed by atoms with E-state index in [1.54, 1.807) is 6.26 Å². The highest BCUT2D eigenvalue weighted by molar-refractivity contribution is 7.09. The summed E-state index contributed by atoms with van der Waals surface area (Å²) >= 11 is 1.81. The molecule has 2 rings (SSSR count). The lowest BCUT2D eigenvalue weighted by atomic mass is 10.1. The van der Waals surface area contributed by atoms with Crippen molar-refractivity contribution < 1.29 is 4.42 Å². The van der Waals surface area contributed by atoms with Gasteiger partial charge in [-0.05, 0) is 43.8 Å². The van der Waals surface area contributed by atoms with Crippen LogP contribution < -0.4 is 5.32 Å². The zero-order valence-electron chi connectivity index (χ0n) is 9.64. The Hall–Kier alpha value is -1.06. The van der Waals surface area contributed by atoms with E-state index in [2.05, 4.69) is 36.7 Å². The maximum absolute atomic E-state index is 5.37. The quantitative estimate of drug-likeness (QED) is 0.856. The van der Waals surface area contributed by atoms with Gasteiger partial charge >= 0.3 is 0 Å². The predicted molar refractivity (Wildman–Crippen MR) is 67.7 cm³/mol. The Morgan fingerprint density at radius 2 is 2.19 bits per heavy atom. The highest BCUT2D eigenvalue weighted by Gasteiger charge is 2.12. The van der Waals surface area contributed by atoms with Crippen LogP contribution in [0.15, 0.2) is 40.3 Å². The Bertz CT molecular complexity index is 394. The van der Waals surface area contributed by atoms with Gasteiger partial charge in [-0.2, -0.15) is 0 Å². The van der Waals surface area contributed by atoms with Gasteiger partial charge in [0.15, 0.2) is 0 Å². The van der Waals surface area contributed by atoms with Gasteiger partial charge < -0.3 is 9.73 Å². The van der Waals surface area contributed by atoms with Crippen molar-refractivity contribution in [1.82, 2.24) is 5.32 Å². The molecule has 2 nitrogen and oxygen atoms in total. The third-order valence-corrected chi connectivity index (χ3v) is 3.49. The van der Waals surface area contributed by atoms with Crippen molar-refractivity contribution in [3.8, 4) is 0 Å². The molecule has 2 aromatic rings. The molecule has 86 valence electrons. The molecular formula is C13H17NOS. The Kier molecular flexibility index (Phi) is 3.80. The summed E-state index contributed by atoms with van der Waals surface area (Å²) in [4.78, 5) is 1.42. The summed E-state index contributed by atoms with van der Waals surface area (Å²) in [6.07, 6.45) is 2.79. The maximum Gasteiger partial charge on any atom is 0.120 e. The molecule has 0 amide bonds. The first kappa shape index (κ1) is 11.4. The average molecular weight is 235 g/mol. The zero-order valence-corrected chi connectivity index (χ0v) is 10.5. The van der Waals surface area contributed by atoms with Crippen molar-refractivity contribution in [3.05, 3.63) is 46.5 Å². The third kappa shape index (κ3) is 2.97. The molecule has 0 fully saturated rings. The van der Waals surface area contributed by atoms with Gasteiger partial charge in [-0.3, -0.25) is 0 Å². The minimum Gasteiger partial charge on any atom is -0.468 e. The standard InChI is InChI=1S/C13H17NOS/c1-10(9-12-5-4-8-16-12)14-11(2)13-6-3-7-15-13/h3-8,10-11,14H,9H2,1-2H3. The van der Waals surface area contributed by atoms with Gasteiger partial charge in [-0.15, -0.1) is 11.3 Å². The van der Waals surface area contributed by atoms with Crippen LogP contribution in [0.2, 0.25) is 0 Å². The summed E-state index contributed by atoms with van der Waals surface area (Å²) in [5.41, 5.74) is 0. The zero-order chi connectivity index (χ0) is 11.4. The van der Waals surface area contributed by atoms with Crippen LogP contribution in [0.4, 0.5) is 0 Å². The number of hydrogen-bond acceptors (Lipinski definition) is 3. The van der Waals surface area contributed by atoms with Gasteiger partial charge in [0, 0.05) is 10.9 Å². The lowest BCUT2D eigenvalue weighted by molar-refractivity contribution is 0.398. The van der Waals surface area contributed by atoms with Crippen LogP contribution in [0.5, 0.6) is 0 Å². The molecule has 16 heavy (non-hydrogen) atoms. The summed E-state index contributed by atoms with van der Waals surface area (Å²) in [5.74, 6) is 0.998. The van der Waals surface area contributed by atoms with E-state index in [0.29, 0.717) is 6.04 Å². The lowest BCUT2D eigenvalue weighted by Crippen LogP contribution is -2.30. The molecule has 0 aromatic carbocycles. The van der Waals surface area contributed by atoms with Crippen molar-refractivity contribution in [2.45, 2.75) is 32.4 Å². The Morgan fingerprint density at radius 3 is 2.81 bits per heavy atom. The molecule has 0 radical (unpaired) electrons. The van der Waals surface area contributed by atoms with E-state index in [4.69, 9.17) is 4.42 Å². The van der Waals surface area contributed by atoms with Gasteiger partial charge in [-0.1, -0.05) is 6.07 Å². The van der Waals surface area contributed by atoms with Gasteiger partial charge in [0.1, 0.15) is 5.76 Å². The number of nitrogens with one attached hydrogen (secondary N) is 1. The van der Waals surface area contributed by atoms with Crippen molar-refractivity contribution in [1.29, 1.82) is 0 Å². The molecule has 3 heteroatoms. The Morgan fingerprint density at radius 1 is 1.31 bits per heavy atom.